The van der Waals surface area contributed by atoms with Gasteiger partial charge in [0, 0.05) is 17.1 Å². The maximum atomic E-state index is 12.0. The Labute approximate surface area is 134 Å². The van der Waals surface area contributed by atoms with Gasteiger partial charge in [0.25, 0.3) is 5.56 Å². The minimum absolute atomic E-state index is 0.125. The number of hydrogen-bond acceptors (Lipinski definition) is 6. The summed E-state index contributed by atoms with van der Waals surface area (Å²) in [4.78, 5) is 30.9. The van der Waals surface area contributed by atoms with E-state index >= 15 is 0 Å². The topological polar surface area (TPSA) is 98.6 Å². The highest BCUT2D eigenvalue weighted by atomic mass is 32.2. The van der Waals surface area contributed by atoms with Crippen LogP contribution in [-0.2, 0) is 17.6 Å². The van der Waals surface area contributed by atoms with E-state index < -0.39 is 0 Å². The lowest BCUT2D eigenvalue weighted by atomic mass is 10.1. The Morgan fingerprint density at radius 2 is 2.41 bits per heavy atom. The van der Waals surface area contributed by atoms with E-state index in [1.165, 1.54) is 28.5 Å². The van der Waals surface area contributed by atoms with E-state index in [0.717, 1.165) is 36.6 Å². The van der Waals surface area contributed by atoms with Crippen LogP contribution in [-0.4, -0.2) is 21.6 Å². The zero-order valence-corrected chi connectivity index (χ0v) is 13.1. The number of aromatic amines is 1. The molecule has 0 bridgehead atoms. The number of amides is 1. The van der Waals surface area contributed by atoms with E-state index in [2.05, 4.69) is 21.4 Å². The molecule has 8 heteroatoms. The number of nitriles is 1. The predicted octanol–water partition coefficient (Wildman–Crippen LogP) is 1.92. The van der Waals surface area contributed by atoms with E-state index in [9.17, 15) is 14.9 Å². The van der Waals surface area contributed by atoms with Gasteiger partial charge >= 0.3 is 0 Å². The van der Waals surface area contributed by atoms with Crippen molar-refractivity contribution in [3.8, 4) is 6.07 Å². The lowest BCUT2D eigenvalue weighted by Gasteiger charge is -2.03. The Bertz CT molecular complexity index is 819. The number of aromatic nitrogens is 2. The number of aryl methyl sites for hydroxylation is 1. The van der Waals surface area contributed by atoms with Crippen LogP contribution in [0.5, 0.6) is 0 Å². The van der Waals surface area contributed by atoms with Crippen LogP contribution in [0.3, 0.4) is 0 Å². The van der Waals surface area contributed by atoms with Crippen molar-refractivity contribution in [1.29, 1.82) is 5.26 Å². The fourth-order valence-electron chi connectivity index (χ4n) is 2.33. The predicted molar refractivity (Wildman–Crippen MR) is 85.3 cm³/mol. The molecule has 1 aliphatic rings. The molecule has 0 unspecified atom stereocenters. The van der Waals surface area contributed by atoms with Crippen molar-refractivity contribution in [2.75, 3.05) is 11.1 Å². The van der Waals surface area contributed by atoms with Crippen LogP contribution in [0.2, 0.25) is 0 Å². The molecule has 0 atom stereocenters. The van der Waals surface area contributed by atoms with Gasteiger partial charge in [-0.25, -0.2) is 4.98 Å². The first-order valence-electron chi connectivity index (χ1n) is 6.70. The van der Waals surface area contributed by atoms with Crippen molar-refractivity contribution < 1.29 is 4.79 Å². The minimum Gasteiger partial charge on any atom is -0.316 e. The Kier molecular flexibility index (Phi) is 4.27. The molecule has 0 fully saturated rings. The number of thioether (sulfide) groups is 1. The van der Waals surface area contributed by atoms with E-state index in [1.54, 1.807) is 0 Å². The number of nitrogens with zero attached hydrogens (tertiary/aromatic N) is 2. The zero-order valence-electron chi connectivity index (χ0n) is 11.5. The minimum atomic E-state index is -0.251. The molecule has 2 aromatic heterocycles. The third-order valence-corrected chi connectivity index (χ3v) is 5.37. The van der Waals surface area contributed by atoms with E-state index in [0.29, 0.717) is 15.7 Å². The SMILES string of the molecule is N#Cc1c(NC(=O)CSc2nccc(=O)[nH]2)sc2c1CCC2. The molecule has 3 rings (SSSR count). The smallest absolute Gasteiger partial charge is 0.251 e. The lowest BCUT2D eigenvalue weighted by molar-refractivity contribution is -0.113. The number of thiophene rings is 1. The molecular weight excluding hydrogens is 320 g/mol. The number of carbonyl (C=O) groups excluding carboxylic acids is 1. The van der Waals surface area contributed by atoms with E-state index in [-0.39, 0.29) is 17.2 Å². The van der Waals surface area contributed by atoms with Gasteiger partial charge in [0.2, 0.25) is 5.91 Å². The third-order valence-electron chi connectivity index (χ3n) is 3.27. The van der Waals surface area contributed by atoms with Gasteiger partial charge in [0.15, 0.2) is 5.16 Å². The molecule has 0 spiro atoms. The summed E-state index contributed by atoms with van der Waals surface area (Å²) in [5.74, 6) is -0.0895. The van der Waals surface area contributed by atoms with E-state index in [4.69, 9.17) is 0 Å². The fraction of sp³-hybridized carbons (Fsp3) is 0.286. The molecular formula is C14H12N4O2S2. The molecule has 2 aromatic rings. The maximum absolute atomic E-state index is 12.0. The van der Waals surface area contributed by atoms with Crippen LogP contribution in [0.4, 0.5) is 5.00 Å². The molecule has 0 saturated heterocycles. The van der Waals surface area contributed by atoms with Crippen molar-refractivity contribution in [2.24, 2.45) is 0 Å². The first kappa shape index (κ1) is 14.8. The summed E-state index contributed by atoms with van der Waals surface area (Å²) in [5.41, 5.74) is 1.44. The number of fused-ring (bicyclic) bond motifs is 1. The molecule has 0 saturated carbocycles. The van der Waals surface area contributed by atoms with Crippen molar-refractivity contribution in [3.63, 3.8) is 0 Å². The Morgan fingerprint density at radius 3 is 3.18 bits per heavy atom. The first-order valence-corrected chi connectivity index (χ1v) is 8.50. The molecule has 0 radical (unpaired) electrons. The van der Waals surface area contributed by atoms with Gasteiger partial charge in [-0.2, -0.15) is 5.26 Å². The van der Waals surface area contributed by atoms with Crippen LogP contribution in [0.25, 0.3) is 0 Å². The number of H-pyrrole nitrogens is 1. The van der Waals surface area contributed by atoms with Gasteiger partial charge in [-0.05, 0) is 24.8 Å². The summed E-state index contributed by atoms with van der Waals surface area (Å²) >= 11 is 2.64. The molecule has 1 aliphatic carbocycles. The van der Waals surface area contributed by atoms with Gasteiger partial charge in [-0.1, -0.05) is 11.8 Å². The number of hydrogen-bond donors (Lipinski definition) is 2. The largest absolute Gasteiger partial charge is 0.316 e. The standard InChI is InChI=1S/C14H12N4O2S2/c15-6-9-8-2-1-3-10(8)22-13(9)17-12(20)7-21-14-16-5-4-11(19)18-14/h4-5H,1-3,7H2,(H,17,20)(H,16,18,19). The van der Waals surface area contributed by atoms with Crippen LogP contribution < -0.4 is 10.9 Å². The van der Waals surface area contributed by atoms with Crippen molar-refractivity contribution >= 4 is 34.0 Å². The fourth-order valence-corrected chi connectivity index (χ4v) is 4.24. The second kappa shape index (κ2) is 6.34. The molecule has 1 amide bonds. The maximum Gasteiger partial charge on any atom is 0.251 e. The highest BCUT2D eigenvalue weighted by Crippen LogP contribution is 2.38. The highest BCUT2D eigenvalue weighted by Gasteiger charge is 2.23. The third kappa shape index (κ3) is 3.05. The molecule has 22 heavy (non-hydrogen) atoms. The van der Waals surface area contributed by atoms with Crippen molar-refractivity contribution in [1.82, 2.24) is 9.97 Å². The van der Waals surface area contributed by atoms with Crippen LogP contribution in [0, 0.1) is 11.3 Å². The van der Waals surface area contributed by atoms with Crippen LogP contribution >= 0.6 is 23.1 Å². The monoisotopic (exact) mass is 332 g/mol. The van der Waals surface area contributed by atoms with Crippen LogP contribution in [0.15, 0.2) is 22.2 Å². The average molecular weight is 332 g/mol. The summed E-state index contributed by atoms with van der Waals surface area (Å²) in [7, 11) is 0. The van der Waals surface area contributed by atoms with Gasteiger partial charge in [-0.15, -0.1) is 11.3 Å². The Balaban J connectivity index is 1.65. The summed E-state index contributed by atoms with van der Waals surface area (Å²) in [6.07, 6.45) is 4.37. The Hall–Kier alpha value is -2.11. The lowest BCUT2D eigenvalue weighted by Crippen LogP contribution is -2.15. The van der Waals surface area contributed by atoms with Crippen molar-refractivity contribution in [2.45, 2.75) is 24.4 Å². The second-order valence-corrected chi connectivity index (χ2v) is 6.82. The van der Waals surface area contributed by atoms with Crippen molar-refractivity contribution in [3.05, 3.63) is 38.6 Å². The first-order chi connectivity index (χ1) is 10.7. The van der Waals surface area contributed by atoms with E-state index in [1.807, 2.05) is 0 Å². The average Bonchev–Trinajstić information content (AvgIpc) is 3.05. The Morgan fingerprint density at radius 1 is 1.55 bits per heavy atom. The summed E-state index contributed by atoms with van der Waals surface area (Å²) in [5, 5.41) is 13.1. The molecule has 112 valence electrons. The number of anilines is 1. The second-order valence-electron chi connectivity index (χ2n) is 4.75. The van der Waals surface area contributed by atoms with Gasteiger partial charge in [0.05, 0.1) is 11.3 Å². The summed E-state index contributed by atoms with van der Waals surface area (Å²) < 4.78 is 0. The van der Waals surface area contributed by atoms with Gasteiger partial charge < -0.3 is 10.3 Å². The summed E-state index contributed by atoms with van der Waals surface area (Å²) in [6.45, 7) is 0. The normalized spacial score (nSPS) is 12.7. The number of rotatable bonds is 4. The quantitative estimate of drug-likeness (QED) is 0.658. The molecule has 6 nitrogen and oxygen atoms in total. The molecule has 2 N–H and O–H groups in total. The number of carbonyl (C=O) groups is 1. The molecule has 0 aliphatic heterocycles. The van der Waals surface area contributed by atoms with Crippen LogP contribution in [0.1, 0.15) is 22.4 Å². The van der Waals surface area contributed by atoms with Gasteiger partial charge in [0.1, 0.15) is 11.1 Å². The zero-order chi connectivity index (χ0) is 15.5. The number of nitrogens with one attached hydrogen (secondary N) is 2. The molecule has 2 heterocycles. The van der Waals surface area contributed by atoms with Gasteiger partial charge in [-0.3, -0.25) is 9.59 Å². The summed E-state index contributed by atoms with van der Waals surface area (Å²) in [6, 6.07) is 3.51. The molecule has 0 aromatic carbocycles. The highest BCUT2D eigenvalue weighted by molar-refractivity contribution is 7.99.